The lowest BCUT2D eigenvalue weighted by Gasteiger charge is -2.23. The van der Waals surface area contributed by atoms with Gasteiger partial charge in [-0.2, -0.15) is 0 Å². The van der Waals surface area contributed by atoms with Crippen molar-refractivity contribution < 1.29 is 18.1 Å². The van der Waals surface area contributed by atoms with Gasteiger partial charge in [0.15, 0.2) is 5.82 Å². The lowest BCUT2D eigenvalue weighted by Crippen LogP contribution is -2.30. The first-order chi connectivity index (χ1) is 13.9. The molecular formula is C21H24FN3O3S. The number of halogens is 1. The summed E-state index contributed by atoms with van der Waals surface area (Å²) in [7, 11) is -3.15. The molecule has 6 nitrogen and oxygen atoms in total. The summed E-state index contributed by atoms with van der Waals surface area (Å²) in [6, 6.07) is 12.8. The molecule has 2 aromatic carbocycles. The molecule has 0 bridgehead atoms. The van der Waals surface area contributed by atoms with Crippen LogP contribution in [0.5, 0.6) is 5.75 Å². The molecule has 154 valence electrons. The largest absolute Gasteiger partial charge is 0.487 e. The molecule has 2 heterocycles. The molecule has 2 aliphatic rings. The molecule has 2 aromatic rings. The van der Waals surface area contributed by atoms with Crippen LogP contribution in [0.15, 0.2) is 42.5 Å². The van der Waals surface area contributed by atoms with Crippen LogP contribution in [0.4, 0.5) is 10.1 Å². The van der Waals surface area contributed by atoms with E-state index >= 15 is 4.39 Å². The quantitative estimate of drug-likeness (QED) is 0.706. The van der Waals surface area contributed by atoms with Gasteiger partial charge in [-0.15, -0.1) is 0 Å². The first kappa shape index (κ1) is 19.7. The van der Waals surface area contributed by atoms with Crippen LogP contribution < -0.4 is 19.1 Å². The highest BCUT2D eigenvalue weighted by molar-refractivity contribution is 8.00. The summed E-state index contributed by atoms with van der Waals surface area (Å²) in [6.45, 7) is 1.87. The van der Waals surface area contributed by atoms with Crippen LogP contribution in [0.3, 0.4) is 0 Å². The van der Waals surface area contributed by atoms with Crippen LogP contribution in [0.2, 0.25) is 0 Å². The molecule has 0 radical (unpaired) electrons. The molecule has 2 N–H and O–H groups in total. The van der Waals surface area contributed by atoms with Gasteiger partial charge in [-0.3, -0.25) is 13.8 Å². The molecule has 2 atom stereocenters. The van der Waals surface area contributed by atoms with E-state index in [0.29, 0.717) is 5.92 Å². The first-order valence-corrected chi connectivity index (χ1v) is 11.3. The van der Waals surface area contributed by atoms with Crippen LogP contribution in [-0.2, 0) is 27.7 Å². The molecule has 0 saturated carbocycles. The summed E-state index contributed by atoms with van der Waals surface area (Å²) in [6.07, 6.45) is 1.77. The van der Waals surface area contributed by atoms with Crippen molar-refractivity contribution in [3.8, 4) is 5.75 Å². The molecule has 0 aromatic heterocycles. The van der Waals surface area contributed by atoms with Crippen molar-refractivity contribution in [1.29, 1.82) is 0 Å². The zero-order chi connectivity index (χ0) is 20.4. The van der Waals surface area contributed by atoms with Crippen molar-refractivity contribution >= 4 is 27.4 Å². The Balaban J connectivity index is 1.68. The number of nitrogens with zero attached hydrogens (tertiary/aromatic N) is 1. The highest BCUT2D eigenvalue weighted by Crippen LogP contribution is 2.37. The lowest BCUT2D eigenvalue weighted by atomic mass is 9.98. The third-order valence-corrected chi connectivity index (χ3v) is 6.75. The van der Waals surface area contributed by atoms with E-state index in [1.807, 2.05) is 30.3 Å². The van der Waals surface area contributed by atoms with E-state index in [2.05, 4.69) is 15.9 Å². The third-order valence-electron chi connectivity index (χ3n) is 5.18. The zero-order valence-electron chi connectivity index (χ0n) is 16.0. The van der Waals surface area contributed by atoms with Crippen LogP contribution in [-0.4, -0.2) is 35.6 Å². The van der Waals surface area contributed by atoms with Crippen molar-refractivity contribution in [1.82, 2.24) is 10.0 Å². The van der Waals surface area contributed by atoms with Gasteiger partial charge in [-0.05, 0) is 61.0 Å². The van der Waals surface area contributed by atoms with E-state index in [9.17, 15) is 9.00 Å². The highest BCUT2D eigenvalue weighted by Gasteiger charge is 2.33. The molecule has 0 spiro atoms. The Morgan fingerprint density at radius 3 is 2.69 bits per heavy atom. The number of ether oxygens (including phenoxy) is 1. The summed E-state index contributed by atoms with van der Waals surface area (Å²) in [5.41, 5.74) is 1.75. The van der Waals surface area contributed by atoms with Gasteiger partial charge in [0, 0.05) is 0 Å². The Morgan fingerprint density at radius 1 is 1.24 bits per heavy atom. The van der Waals surface area contributed by atoms with Crippen molar-refractivity contribution in [3.05, 3.63) is 59.4 Å². The number of carbonyl (C=O) groups excluding carboxylic acids is 1. The van der Waals surface area contributed by atoms with Gasteiger partial charge in [-0.1, -0.05) is 30.3 Å². The van der Waals surface area contributed by atoms with Crippen molar-refractivity contribution in [2.24, 2.45) is 5.92 Å². The summed E-state index contributed by atoms with van der Waals surface area (Å²) in [5.74, 6) is 3.26. The van der Waals surface area contributed by atoms with Crippen molar-refractivity contribution in [2.75, 3.05) is 23.9 Å². The fourth-order valence-electron chi connectivity index (χ4n) is 3.78. The second-order valence-electron chi connectivity index (χ2n) is 7.46. The summed E-state index contributed by atoms with van der Waals surface area (Å²) >= 11 is 0. The number of hydrogen-bond donors (Lipinski definition) is 2. The van der Waals surface area contributed by atoms with Gasteiger partial charge >= 0.3 is 0 Å². The van der Waals surface area contributed by atoms with Crippen LogP contribution in [0.25, 0.3) is 0 Å². The van der Waals surface area contributed by atoms with Gasteiger partial charge in [-0.25, -0.2) is 8.60 Å². The third kappa shape index (κ3) is 4.38. The average molecular weight is 418 g/mol. The molecule has 4 rings (SSSR count). The zero-order valence-corrected chi connectivity index (χ0v) is 16.8. The Labute approximate surface area is 170 Å². The molecule has 1 amide bonds. The molecule has 8 heteroatoms. The summed E-state index contributed by atoms with van der Waals surface area (Å²) in [5, 5.41) is 3.31. The van der Waals surface area contributed by atoms with Crippen LogP contribution >= 0.6 is 0 Å². The number of amides is 1. The number of rotatable bonds is 6. The Kier molecular flexibility index (Phi) is 5.47. The molecular weight excluding hydrogens is 393 g/mol. The van der Waals surface area contributed by atoms with E-state index in [4.69, 9.17) is 4.74 Å². The normalized spacial score (nSPS) is 24.0. The predicted molar refractivity (Wildman–Crippen MR) is 113 cm³/mol. The number of hydrogen-bond acceptors (Lipinski definition) is 4. The number of carbonyl (C=O) groups is 1. The van der Waals surface area contributed by atoms with E-state index in [-0.39, 0.29) is 24.6 Å². The topological polar surface area (TPSA) is 70.7 Å². The van der Waals surface area contributed by atoms with Gasteiger partial charge < -0.3 is 10.1 Å². The minimum Gasteiger partial charge on any atom is -0.487 e. The Bertz CT molecular complexity index is 1010. The Hall–Kier alpha value is -2.58. The van der Waals surface area contributed by atoms with E-state index in [1.54, 1.807) is 6.07 Å². The van der Waals surface area contributed by atoms with Crippen LogP contribution in [0, 0.1) is 11.7 Å². The standard InChI is InChI=1S/C21H24FN3O3S/c1-29(27)24-20(26)13-25(29)21-18(22)10-17(9-16-7-8-23-12-16)11-19(21)28-14-15-5-3-2-4-6-15/h2-6,10-11,16,23H,1,7-9,12-14H2,(H,24,26,27). The lowest BCUT2D eigenvalue weighted by molar-refractivity contribution is -0.117. The number of benzene rings is 2. The SMILES string of the molecule is C=S1(=O)NC(=O)CN1c1c(F)cc(CC2CCNC2)cc1OCc1ccccc1. The van der Waals surface area contributed by atoms with E-state index in [1.165, 1.54) is 10.4 Å². The predicted octanol–water partition coefficient (Wildman–Crippen LogP) is 2.04. The second kappa shape index (κ2) is 8.04. The van der Waals surface area contributed by atoms with Gasteiger partial charge in [0.1, 0.15) is 34.5 Å². The first-order valence-electron chi connectivity index (χ1n) is 9.58. The van der Waals surface area contributed by atoms with Gasteiger partial charge in [0.25, 0.3) is 5.91 Å². The van der Waals surface area contributed by atoms with E-state index < -0.39 is 21.6 Å². The minimum absolute atomic E-state index is 0.00702. The maximum Gasteiger partial charge on any atom is 0.253 e. The molecule has 0 aliphatic carbocycles. The molecule has 29 heavy (non-hydrogen) atoms. The monoisotopic (exact) mass is 417 g/mol. The van der Waals surface area contributed by atoms with Gasteiger partial charge in [0.2, 0.25) is 0 Å². The molecule has 2 unspecified atom stereocenters. The van der Waals surface area contributed by atoms with Crippen molar-refractivity contribution in [2.45, 2.75) is 19.4 Å². The van der Waals surface area contributed by atoms with Gasteiger partial charge in [0.05, 0.1) is 0 Å². The second-order valence-corrected chi connectivity index (χ2v) is 9.39. The van der Waals surface area contributed by atoms with Crippen molar-refractivity contribution in [3.63, 3.8) is 0 Å². The molecule has 2 aliphatic heterocycles. The maximum atomic E-state index is 15.2. The molecule has 2 fully saturated rings. The fourth-order valence-corrected chi connectivity index (χ4v) is 5.11. The fraction of sp³-hybridized carbons (Fsp3) is 0.333. The Morgan fingerprint density at radius 2 is 2.03 bits per heavy atom. The molecule has 2 saturated heterocycles. The number of anilines is 1. The maximum absolute atomic E-state index is 15.2. The van der Waals surface area contributed by atoms with E-state index in [0.717, 1.165) is 37.1 Å². The summed E-state index contributed by atoms with van der Waals surface area (Å²) in [4.78, 5) is 11.8. The average Bonchev–Trinajstić information content (AvgIpc) is 3.27. The highest BCUT2D eigenvalue weighted by atomic mass is 32.2. The summed E-state index contributed by atoms with van der Waals surface area (Å²) < 4.78 is 37.4. The number of nitrogens with one attached hydrogen (secondary N) is 2. The van der Waals surface area contributed by atoms with Crippen LogP contribution in [0.1, 0.15) is 17.5 Å². The smallest absolute Gasteiger partial charge is 0.253 e. The minimum atomic E-state index is -3.15.